The van der Waals surface area contributed by atoms with E-state index < -0.39 is 17.9 Å². The minimum Gasteiger partial charge on any atom is -0.496 e. The van der Waals surface area contributed by atoms with Crippen LogP contribution in [0.1, 0.15) is 54.6 Å². The lowest BCUT2D eigenvalue weighted by Crippen LogP contribution is -2.59. The highest BCUT2D eigenvalue weighted by molar-refractivity contribution is 6.03. The van der Waals surface area contributed by atoms with Crippen LogP contribution in [0.2, 0.25) is 0 Å². The smallest absolute Gasteiger partial charge is 0.270 e. The molecule has 4 fully saturated rings. The fourth-order valence-corrected chi connectivity index (χ4v) is 8.97. The number of carbonyl (C=O) groups excluding carboxylic acids is 3. The average molecular weight is 749 g/mol. The fourth-order valence-electron chi connectivity index (χ4n) is 8.97. The van der Waals surface area contributed by atoms with Crippen molar-refractivity contribution in [2.24, 2.45) is 12.5 Å². The number of nitrogens with one attached hydrogen (secondary N) is 2. The summed E-state index contributed by atoms with van der Waals surface area (Å²) in [4.78, 5) is 65.0. The Labute approximate surface area is 319 Å². The first-order valence-corrected chi connectivity index (χ1v) is 19.1. The van der Waals surface area contributed by atoms with Crippen LogP contribution in [0.15, 0.2) is 59.9 Å². The molecule has 3 saturated heterocycles. The van der Waals surface area contributed by atoms with Crippen molar-refractivity contribution in [1.29, 1.82) is 0 Å². The summed E-state index contributed by atoms with van der Waals surface area (Å²) >= 11 is 0. The van der Waals surface area contributed by atoms with E-state index in [1.165, 1.54) is 12.8 Å². The number of anilines is 1. The number of aryl methyl sites for hydroxylation is 1. The quantitative estimate of drug-likeness (QED) is 0.243. The van der Waals surface area contributed by atoms with Gasteiger partial charge >= 0.3 is 0 Å². The van der Waals surface area contributed by atoms with Gasteiger partial charge in [0.05, 0.1) is 31.5 Å². The average Bonchev–Trinajstić information content (AvgIpc) is 3.19. The van der Waals surface area contributed by atoms with Gasteiger partial charge in [-0.15, -0.1) is 0 Å². The van der Waals surface area contributed by atoms with Gasteiger partial charge in [-0.2, -0.15) is 0 Å². The van der Waals surface area contributed by atoms with Crippen LogP contribution >= 0.6 is 0 Å². The summed E-state index contributed by atoms with van der Waals surface area (Å²) in [5, 5.41) is 6.34. The molecule has 8 rings (SSSR count). The molecule has 1 atom stereocenters. The number of aromatic nitrogens is 3. The van der Waals surface area contributed by atoms with Crippen molar-refractivity contribution in [3.63, 3.8) is 0 Å². The Kier molecular flexibility index (Phi) is 10.0. The number of hydrogen-bond donors (Lipinski definition) is 2. The second kappa shape index (κ2) is 15.1. The maximum atomic E-state index is 12.8. The summed E-state index contributed by atoms with van der Waals surface area (Å²) < 4.78 is 13.4. The fraction of sp³-hybridized carbons (Fsp3) is 0.463. The van der Waals surface area contributed by atoms with Crippen LogP contribution in [-0.4, -0.2) is 108 Å². The molecule has 3 aliphatic heterocycles. The second-order valence-electron chi connectivity index (χ2n) is 15.5. The summed E-state index contributed by atoms with van der Waals surface area (Å²) in [5.41, 5.74) is 4.39. The van der Waals surface area contributed by atoms with Crippen LogP contribution in [0.25, 0.3) is 21.9 Å². The van der Waals surface area contributed by atoms with Gasteiger partial charge in [0, 0.05) is 101 Å². The number of fused-ring (bicyclic) bond motifs is 1. The molecule has 3 aromatic heterocycles. The molecule has 1 unspecified atom stereocenters. The number of carbonyl (C=O) groups is 3. The van der Waals surface area contributed by atoms with Crippen LogP contribution in [-0.2, 0) is 23.2 Å². The standard InChI is InChI=1S/C41H48N8O6/c1-46-25-32(29-8-11-42-23-31(29)40(46)53)30-19-35(54-2)26(18-36(30)55-3)24-47-14-16-49(17-15-47)28-20-41(21-28)9-12-48(13-10-41)27-4-5-33(43-22-27)38(51)44-34-6-7-37(50)45-39(34)52/h4-5,8,11,18-19,22-23,25,28,34H,6-7,9-10,12-17,20-21,24H2,1-3H3,(H,44,51)(H,45,50,52). The molecule has 288 valence electrons. The number of imide groups is 1. The Morgan fingerprint density at radius 2 is 1.69 bits per heavy atom. The zero-order valence-corrected chi connectivity index (χ0v) is 31.7. The van der Waals surface area contributed by atoms with Gasteiger partial charge < -0.3 is 24.3 Å². The van der Waals surface area contributed by atoms with E-state index in [4.69, 9.17) is 9.47 Å². The number of hydrogen-bond acceptors (Lipinski definition) is 11. The van der Waals surface area contributed by atoms with Gasteiger partial charge in [0.1, 0.15) is 23.2 Å². The minimum absolute atomic E-state index is 0.0898. The largest absolute Gasteiger partial charge is 0.496 e. The summed E-state index contributed by atoms with van der Waals surface area (Å²) in [6, 6.07) is 9.51. The van der Waals surface area contributed by atoms with Crippen molar-refractivity contribution in [2.45, 2.75) is 57.2 Å². The Balaban J connectivity index is 0.827. The Hall–Kier alpha value is -5.34. The third-order valence-electron chi connectivity index (χ3n) is 12.2. The van der Waals surface area contributed by atoms with Gasteiger partial charge in [0.25, 0.3) is 11.5 Å². The van der Waals surface area contributed by atoms with Crippen LogP contribution in [0, 0.1) is 5.41 Å². The lowest BCUT2D eigenvalue weighted by molar-refractivity contribution is -0.134. The summed E-state index contributed by atoms with van der Waals surface area (Å²) in [7, 11) is 5.14. The molecular formula is C41H48N8O6. The van der Waals surface area contributed by atoms with E-state index in [2.05, 4.69) is 41.4 Å². The maximum Gasteiger partial charge on any atom is 0.270 e. The van der Waals surface area contributed by atoms with Gasteiger partial charge in [-0.1, -0.05) is 0 Å². The summed E-state index contributed by atoms with van der Waals surface area (Å²) in [5.74, 6) is 0.325. The Bertz CT molecular complexity index is 2160. The van der Waals surface area contributed by atoms with Crippen LogP contribution < -0.4 is 30.6 Å². The molecule has 14 heteroatoms. The monoisotopic (exact) mass is 748 g/mol. The summed E-state index contributed by atoms with van der Waals surface area (Å²) in [6.07, 6.45) is 12.2. The predicted molar refractivity (Wildman–Crippen MR) is 207 cm³/mol. The Morgan fingerprint density at radius 1 is 0.927 bits per heavy atom. The van der Waals surface area contributed by atoms with Gasteiger partial charge in [0.15, 0.2) is 0 Å². The molecular weight excluding hydrogens is 701 g/mol. The third-order valence-corrected chi connectivity index (χ3v) is 12.2. The van der Waals surface area contributed by atoms with Gasteiger partial charge in [-0.25, -0.2) is 4.98 Å². The van der Waals surface area contributed by atoms with Gasteiger partial charge in [-0.3, -0.25) is 39.3 Å². The highest BCUT2D eigenvalue weighted by atomic mass is 16.5. The van der Waals surface area contributed by atoms with E-state index in [9.17, 15) is 19.2 Å². The molecule has 14 nitrogen and oxygen atoms in total. The molecule has 4 aliphatic rings. The second-order valence-corrected chi connectivity index (χ2v) is 15.5. The number of benzene rings is 1. The molecule has 0 bridgehead atoms. The molecule has 1 saturated carbocycles. The molecule has 1 aliphatic carbocycles. The molecule has 1 aromatic carbocycles. The predicted octanol–water partition coefficient (Wildman–Crippen LogP) is 3.11. The van der Waals surface area contributed by atoms with Crippen molar-refractivity contribution in [1.82, 2.24) is 35.0 Å². The molecule has 4 aromatic rings. The van der Waals surface area contributed by atoms with Gasteiger partial charge in [0.2, 0.25) is 11.8 Å². The minimum atomic E-state index is -0.723. The first-order chi connectivity index (χ1) is 26.6. The SMILES string of the molecule is COc1cc(-c2cn(C)c(=O)c3cnccc23)c(OC)cc1CN1CCN(C2CC3(CCN(c4ccc(C(=O)NC5CCC(=O)NC5=O)nc4)CC3)C2)CC1. The molecule has 0 radical (unpaired) electrons. The van der Waals surface area contributed by atoms with E-state index in [0.717, 1.165) is 97.9 Å². The number of pyridine rings is 3. The van der Waals surface area contributed by atoms with E-state index >= 15 is 0 Å². The first kappa shape index (κ1) is 36.6. The normalized spacial score (nSPS) is 20.6. The number of amides is 3. The number of rotatable bonds is 9. The third kappa shape index (κ3) is 7.28. The lowest BCUT2D eigenvalue weighted by Gasteiger charge is -2.56. The zero-order valence-electron chi connectivity index (χ0n) is 31.7. The van der Waals surface area contributed by atoms with Crippen molar-refractivity contribution in [3.8, 4) is 22.6 Å². The summed E-state index contributed by atoms with van der Waals surface area (Å²) in [6.45, 7) is 6.73. The molecule has 1 spiro atoms. The van der Waals surface area contributed by atoms with Crippen molar-refractivity contribution in [2.75, 3.05) is 58.4 Å². The highest BCUT2D eigenvalue weighted by Gasteiger charge is 2.48. The molecule has 3 amide bonds. The van der Waals surface area contributed by atoms with Crippen molar-refractivity contribution in [3.05, 3.63) is 76.7 Å². The molecule has 6 heterocycles. The zero-order chi connectivity index (χ0) is 38.3. The number of piperazine rings is 1. The number of nitrogens with zero attached hydrogens (tertiary/aromatic N) is 6. The highest BCUT2D eigenvalue weighted by Crippen LogP contribution is 2.51. The van der Waals surface area contributed by atoms with Crippen LogP contribution in [0.4, 0.5) is 5.69 Å². The van der Waals surface area contributed by atoms with Gasteiger partial charge in [-0.05, 0) is 73.2 Å². The van der Waals surface area contributed by atoms with E-state index in [1.54, 1.807) is 50.5 Å². The van der Waals surface area contributed by atoms with Crippen LogP contribution in [0.5, 0.6) is 11.5 Å². The topological polar surface area (TPSA) is 151 Å². The Morgan fingerprint density at radius 3 is 2.38 bits per heavy atom. The van der Waals surface area contributed by atoms with E-state index in [0.29, 0.717) is 23.3 Å². The number of piperidine rings is 2. The lowest BCUT2D eigenvalue weighted by atomic mass is 9.60. The number of methoxy groups -OCH3 is 2. The van der Waals surface area contributed by atoms with E-state index in [1.807, 2.05) is 24.4 Å². The number of ether oxygens (including phenoxy) is 2. The maximum absolute atomic E-state index is 12.8. The molecule has 2 N–H and O–H groups in total. The van der Waals surface area contributed by atoms with Crippen molar-refractivity contribution >= 4 is 34.2 Å². The van der Waals surface area contributed by atoms with Crippen LogP contribution in [0.3, 0.4) is 0 Å². The van der Waals surface area contributed by atoms with E-state index in [-0.39, 0.29) is 23.6 Å². The van der Waals surface area contributed by atoms with Crippen molar-refractivity contribution < 1.29 is 23.9 Å². The molecule has 55 heavy (non-hydrogen) atoms. The first-order valence-electron chi connectivity index (χ1n) is 19.1.